The van der Waals surface area contributed by atoms with Crippen LogP contribution in [0.2, 0.25) is 0 Å². The number of thiophene rings is 1. The molecule has 1 aliphatic heterocycles. The van der Waals surface area contributed by atoms with E-state index < -0.39 is 12.0 Å². The van der Waals surface area contributed by atoms with Crippen LogP contribution in [0.5, 0.6) is 0 Å². The SMILES string of the molecule is O=C(O)C[C@@H](NC(=O)[C@@H]1CCCOC1)c1cccs1. The van der Waals surface area contributed by atoms with Crippen LogP contribution >= 0.6 is 11.3 Å². The monoisotopic (exact) mass is 283 g/mol. The zero-order valence-electron chi connectivity index (χ0n) is 10.5. The Hall–Kier alpha value is -1.40. The zero-order chi connectivity index (χ0) is 13.7. The first kappa shape index (κ1) is 14.0. The molecule has 2 atom stereocenters. The number of ether oxygens (including phenoxy) is 1. The van der Waals surface area contributed by atoms with Gasteiger partial charge in [0.05, 0.1) is 25.0 Å². The van der Waals surface area contributed by atoms with Gasteiger partial charge in [0.15, 0.2) is 0 Å². The van der Waals surface area contributed by atoms with Crippen LogP contribution in [0.15, 0.2) is 17.5 Å². The Kier molecular flexibility index (Phi) is 4.93. The van der Waals surface area contributed by atoms with Gasteiger partial charge < -0.3 is 15.2 Å². The minimum atomic E-state index is -0.918. The van der Waals surface area contributed by atoms with Gasteiger partial charge in [0.2, 0.25) is 5.91 Å². The maximum Gasteiger partial charge on any atom is 0.305 e. The number of carboxylic acids is 1. The molecule has 0 saturated carbocycles. The summed E-state index contributed by atoms with van der Waals surface area (Å²) in [6.07, 6.45) is 1.58. The van der Waals surface area contributed by atoms with E-state index in [0.29, 0.717) is 13.2 Å². The van der Waals surface area contributed by atoms with Crippen LogP contribution in [0, 0.1) is 5.92 Å². The number of carbonyl (C=O) groups excluding carboxylic acids is 1. The number of hydrogen-bond donors (Lipinski definition) is 2. The molecule has 19 heavy (non-hydrogen) atoms. The van der Waals surface area contributed by atoms with E-state index in [9.17, 15) is 9.59 Å². The lowest BCUT2D eigenvalue weighted by Gasteiger charge is -2.24. The van der Waals surface area contributed by atoms with Gasteiger partial charge in [-0.25, -0.2) is 0 Å². The van der Waals surface area contributed by atoms with Crippen molar-refractivity contribution in [2.45, 2.75) is 25.3 Å². The van der Waals surface area contributed by atoms with E-state index in [1.807, 2.05) is 17.5 Å². The van der Waals surface area contributed by atoms with E-state index in [-0.39, 0.29) is 18.2 Å². The number of hydrogen-bond acceptors (Lipinski definition) is 4. The average molecular weight is 283 g/mol. The van der Waals surface area contributed by atoms with Crippen LogP contribution in [-0.4, -0.2) is 30.2 Å². The van der Waals surface area contributed by atoms with Crippen molar-refractivity contribution in [2.24, 2.45) is 5.92 Å². The summed E-state index contributed by atoms with van der Waals surface area (Å²) in [7, 11) is 0. The van der Waals surface area contributed by atoms with E-state index in [1.165, 1.54) is 11.3 Å². The molecule has 1 aromatic rings. The first-order valence-electron chi connectivity index (χ1n) is 6.30. The number of nitrogens with one attached hydrogen (secondary N) is 1. The molecule has 0 radical (unpaired) electrons. The molecule has 0 unspecified atom stereocenters. The highest BCUT2D eigenvalue weighted by Gasteiger charge is 2.26. The summed E-state index contributed by atoms with van der Waals surface area (Å²) < 4.78 is 5.28. The molecule has 0 aromatic carbocycles. The molecule has 1 fully saturated rings. The number of carboxylic acid groups (broad SMARTS) is 1. The lowest BCUT2D eigenvalue weighted by Crippen LogP contribution is -2.38. The summed E-state index contributed by atoms with van der Waals surface area (Å²) in [5.41, 5.74) is 0. The van der Waals surface area contributed by atoms with Crippen LogP contribution in [0.25, 0.3) is 0 Å². The molecule has 0 bridgehead atoms. The van der Waals surface area contributed by atoms with Crippen molar-refractivity contribution >= 4 is 23.2 Å². The second-order valence-corrected chi connectivity index (χ2v) is 5.57. The van der Waals surface area contributed by atoms with Gasteiger partial charge in [-0.2, -0.15) is 0 Å². The van der Waals surface area contributed by atoms with Gasteiger partial charge in [-0.1, -0.05) is 6.07 Å². The van der Waals surface area contributed by atoms with Gasteiger partial charge in [0, 0.05) is 11.5 Å². The Labute approximate surface area is 115 Å². The van der Waals surface area contributed by atoms with Crippen molar-refractivity contribution in [3.8, 4) is 0 Å². The fourth-order valence-electron chi connectivity index (χ4n) is 2.12. The van der Waals surface area contributed by atoms with Crippen molar-refractivity contribution in [3.05, 3.63) is 22.4 Å². The van der Waals surface area contributed by atoms with E-state index in [0.717, 1.165) is 17.7 Å². The fraction of sp³-hybridized carbons (Fsp3) is 0.538. The molecule has 2 heterocycles. The van der Waals surface area contributed by atoms with Crippen LogP contribution in [-0.2, 0) is 14.3 Å². The minimum absolute atomic E-state index is 0.0974. The molecular formula is C13H17NO4S. The van der Waals surface area contributed by atoms with Crippen molar-refractivity contribution < 1.29 is 19.4 Å². The second-order valence-electron chi connectivity index (χ2n) is 4.59. The van der Waals surface area contributed by atoms with Crippen molar-refractivity contribution in [1.82, 2.24) is 5.32 Å². The Morgan fingerprint density at radius 1 is 1.58 bits per heavy atom. The summed E-state index contributed by atoms with van der Waals surface area (Å²) in [5.74, 6) is -1.19. The summed E-state index contributed by atoms with van der Waals surface area (Å²) in [4.78, 5) is 23.9. The Morgan fingerprint density at radius 3 is 3.00 bits per heavy atom. The molecule has 1 saturated heterocycles. The number of carbonyl (C=O) groups is 2. The highest BCUT2D eigenvalue weighted by atomic mass is 32.1. The third kappa shape index (κ3) is 4.04. The third-order valence-electron chi connectivity index (χ3n) is 3.11. The van der Waals surface area contributed by atoms with Gasteiger partial charge in [0.1, 0.15) is 0 Å². The molecule has 1 amide bonds. The lowest BCUT2D eigenvalue weighted by atomic mass is 10.0. The Balaban J connectivity index is 1.99. The minimum Gasteiger partial charge on any atom is -0.481 e. The maximum atomic E-state index is 12.1. The molecule has 6 heteroatoms. The molecule has 2 rings (SSSR count). The van der Waals surface area contributed by atoms with Gasteiger partial charge in [-0.3, -0.25) is 9.59 Å². The fourth-order valence-corrected chi connectivity index (χ4v) is 2.90. The topological polar surface area (TPSA) is 75.6 Å². The van der Waals surface area contributed by atoms with E-state index in [4.69, 9.17) is 9.84 Å². The highest BCUT2D eigenvalue weighted by Crippen LogP contribution is 2.23. The standard InChI is InChI=1S/C13H17NO4S/c15-12(16)7-10(11-4-2-6-19-11)14-13(17)9-3-1-5-18-8-9/h2,4,6,9-10H,1,3,5,7-8H2,(H,14,17)(H,15,16)/t9-,10-/m1/s1. The maximum absolute atomic E-state index is 12.1. The largest absolute Gasteiger partial charge is 0.481 e. The van der Waals surface area contributed by atoms with Gasteiger partial charge >= 0.3 is 5.97 Å². The summed E-state index contributed by atoms with van der Waals surface area (Å²) in [6, 6.07) is 3.24. The molecule has 104 valence electrons. The average Bonchev–Trinajstić information content (AvgIpc) is 2.92. The van der Waals surface area contributed by atoms with Crippen LogP contribution in [0.4, 0.5) is 0 Å². The van der Waals surface area contributed by atoms with Crippen molar-refractivity contribution in [3.63, 3.8) is 0 Å². The third-order valence-corrected chi connectivity index (χ3v) is 4.10. The quantitative estimate of drug-likeness (QED) is 0.864. The second kappa shape index (κ2) is 6.68. The van der Waals surface area contributed by atoms with Crippen LogP contribution in [0.1, 0.15) is 30.2 Å². The number of aliphatic carboxylic acids is 1. The number of rotatable bonds is 5. The Morgan fingerprint density at radius 2 is 2.42 bits per heavy atom. The predicted molar refractivity (Wildman–Crippen MR) is 71.0 cm³/mol. The molecule has 1 aliphatic rings. The van der Waals surface area contributed by atoms with Gasteiger partial charge in [0.25, 0.3) is 0 Å². The normalized spacial score (nSPS) is 20.7. The van der Waals surface area contributed by atoms with Crippen LogP contribution in [0.3, 0.4) is 0 Å². The predicted octanol–water partition coefficient (Wildman–Crippen LogP) is 1.81. The lowest BCUT2D eigenvalue weighted by molar-refractivity contribution is -0.138. The van der Waals surface area contributed by atoms with Crippen LogP contribution < -0.4 is 5.32 Å². The first-order valence-corrected chi connectivity index (χ1v) is 7.18. The molecule has 0 aliphatic carbocycles. The summed E-state index contributed by atoms with van der Waals surface area (Å²) >= 11 is 1.45. The zero-order valence-corrected chi connectivity index (χ0v) is 11.3. The molecule has 1 aromatic heterocycles. The summed E-state index contributed by atoms with van der Waals surface area (Å²) in [6.45, 7) is 1.13. The van der Waals surface area contributed by atoms with Crippen molar-refractivity contribution in [2.75, 3.05) is 13.2 Å². The smallest absolute Gasteiger partial charge is 0.305 e. The summed E-state index contributed by atoms with van der Waals surface area (Å²) in [5, 5.41) is 13.6. The van der Waals surface area contributed by atoms with Gasteiger partial charge in [-0.05, 0) is 24.3 Å². The van der Waals surface area contributed by atoms with Gasteiger partial charge in [-0.15, -0.1) is 11.3 Å². The Bertz CT molecular complexity index is 426. The molecular weight excluding hydrogens is 266 g/mol. The molecule has 2 N–H and O–H groups in total. The van der Waals surface area contributed by atoms with E-state index >= 15 is 0 Å². The highest BCUT2D eigenvalue weighted by molar-refractivity contribution is 7.10. The molecule has 0 spiro atoms. The molecule has 5 nitrogen and oxygen atoms in total. The van der Waals surface area contributed by atoms with Crippen molar-refractivity contribution in [1.29, 1.82) is 0 Å². The van der Waals surface area contributed by atoms with E-state index in [2.05, 4.69) is 5.32 Å². The first-order chi connectivity index (χ1) is 9.16. The van der Waals surface area contributed by atoms with E-state index in [1.54, 1.807) is 0 Å². The number of amides is 1.